The first-order chi connectivity index (χ1) is 11.5. The lowest BCUT2D eigenvalue weighted by molar-refractivity contribution is -0.116. The van der Waals surface area contributed by atoms with E-state index in [2.05, 4.69) is 16.0 Å². The number of hydrogen-bond acceptors (Lipinski definition) is 4. The topological polar surface area (TPSA) is 94.0 Å². The molecule has 0 bridgehead atoms. The number of anilines is 3. The van der Waals surface area contributed by atoms with Crippen molar-refractivity contribution >= 4 is 28.9 Å². The molecule has 2 amide bonds. The number of nitrogens with one attached hydrogen (secondary N) is 3. The molecule has 0 aromatic heterocycles. The molecular formula is C18H18N4O2. The van der Waals surface area contributed by atoms with Gasteiger partial charge in [-0.2, -0.15) is 5.26 Å². The zero-order chi connectivity index (χ0) is 17.5. The van der Waals surface area contributed by atoms with Crippen molar-refractivity contribution in [3.63, 3.8) is 0 Å². The number of nitriles is 1. The molecule has 0 saturated heterocycles. The monoisotopic (exact) mass is 322 g/mol. The van der Waals surface area contributed by atoms with Crippen LogP contribution >= 0.6 is 0 Å². The van der Waals surface area contributed by atoms with Crippen LogP contribution in [0.3, 0.4) is 0 Å². The van der Waals surface area contributed by atoms with Crippen LogP contribution in [-0.2, 0) is 9.59 Å². The Morgan fingerprint density at radius 1 is 1.00 bits per heavy atom. The second-order valence-corrected chi connectivity index (χ2v) is 5.31. The van der Waals surface area contributed by atoms with E-state index in [9.17, 15) is 9.59 Å². The molecule has 122 valence electrons. The van der Waals surface area contributed by atoms with E-state index in [4.69, 9.17) is 5.26 Å². The summed E-state index contributed by atoms with van der Waals surface area (Å²) in [5, 5.41) is 17.4. The summed E-state index contributed by atoms with van der Waals surface area (Å²) < 4.78 is 0. The Labute approximate surface area is 140 Å². The molecule has 2 aromatic rings. The Hall–Kier alpha value is -3.33. The molecule has 0 heterocycles. The van der Waals surface area contributed by atoms with E-state index in [0.717, 1.165) is 5.69 Å². The minimum Gasteiger partial charge on any atom is -0.374 e. The first kappa shape index (κ1) is 17.0. The van der Waals surface area contributed by atoms with Gasteiger partial charge in [0, 0.05) is 24.0 Å². The highest BCUT2D eigenvalue weighted by atomic mass is 16.2. The number of carbonyl (C=O) groups excluding carboxylic acids is 2. The minimum absolute atomic E-state index is 0.157. The highest BCUT2D eigenvalue weighted by molar-refractivity contribution is 5.96. The average molecular weight is 322 g/mol. The van der Waals surface area contributed by atoms with Gasteiger partial charge in [0.25, 0.3) is 0 Å². The minimum atomic E-state index is -0.497. The highest BCUT2D eigenvalue weighted by Gasteiger charge is 2.13. The van der Waals surface area contributed by atoms with Gasteiger partial charge in [-0.1, -0.05) is 12.1 Å². The Bertz CT molecular complexity index is 796. The lowest BCUT2D eigenvalue weighted by atomic mass is 10.2. The predicted molar refractivity (Wildman–Crippen MR) is 93.6 cm³/mol. The number of rotatable bonds is 5. The van der Waals surface area contributed by atoms with E-state index in [1.54, 1.807) is 49.4 Å². The van der Waals surface area contributed by atoms with E-state index in [0.29, 0.717) is 16.9 Å². The van der Waals surface area contributed by atoms with Crippen molar-refractivity contribution in [3.8, 4) is 6.07 Å². The van der Waals surface area contributed by atoms with E-state index < -0.39 is 6.04 Å². The van der Waals surface area contributed by atoms with Crippen LogP contribution in [0.15, 0.2) is 48.5 Å². The zero-order valence-corrected chi connectivity index (χ0v) is 13.5. The SMILES string of the molecule is CC(=O)Nc1cccc(NC(C)C(=O)Nc2cccc(C#N)c2)c1. The van der Waals surface area contributed by atoms with E-state index in [1.165, 1.54) is 6.92 Å². The van der Waals surface area contributed by atoms with Crippen LogP contribution in [0.25, 0.3) is 0 Å². The summed E-state index contributed by atoms with van der Waals surface area (Å²) in [6.07, 6.45) is 0. The van der Waals surface area contributed by atoms with Crippen molar-refractivity contribution in [2.45, 2.75) is 19.9 Å². The third kappa shape index (κ3) is 4.85. The van der Waals surface area contributed by atoms with Crippen LogP contribution in [0.2, 0.25) is 0 Å². The molecule has 6 heteroatoms. The maximum Gasteiger partial charge on any atom is 0.246 e. The maximum absolute atomic E-state index is 12.3. The summed E-state index contributed by atoms with van der Waals surface area (Å²) in [5.74, 6) is -0.384. The van der Waals surface area contributed by atoms with Gasteiger partial charge in [-0.25, -0.2) is 0 Å². The number of nitrogens with zero attached hydrogens (tertiary/aromatic N) is 1. The van der Waals surface area contributed by atoms with Crippen LogP contribution in [0.1, 0.15) is 19.4 Å². The molecule has 3 N–H and O–H groups in total. The van der Waals surface area contributed by atoms with Gasteiger partial charge in [0.15, 0.2) is 0 Å². The van der Waals surface area contributed by atoms with Gasteiger partial charge >= 0.3 is 0 Å². The van der Waals surface area contributed by atoms with Crippen LogP contribution in [-0.4, -0.2) is 17.9 Å². The molecule has 0 radical (unpaired) electrons. The molecule has 2 rings (SSSR count). The average Bonchev–Trinajstić information content (AvgIpc) is 2.54. The smallest absolute Gasteiger partial charge is 0.246 e. The second-order valence-electron chi connectivity index (χ2n) is 5.31. The van der Waals surface area contributed by atoms with E-state index >= 15 is 0 Å². The zero-order valence-electron chi connectivity index (χ0n) is 13.5. The first-order valence-corrected chi connectivity index (χ1v) is 7.43. The number of amides is 2. The molecule has 0 aliphatic carbocycles. The molecule has 1 atom stereocenters. The lowest BCUT2D eigenvalue weighted by Gasteiger charge is -2.16. The van der Waals surface area contributed by atoms with Crippen molar-refractivity contribution in [2.24, 2.45) is 0 Å². The normalized spacial score (nSPS) is 11.0. The largest absolute Gasteiger partial charge is 0.374 e. The summed E-state index contributed by atoms with van der Waals surface area (Å²) in [6, 6.07) is 15.4. The highest BCUT2D eigenvalue weighted by Crippen LogP contribution is 2.17. The fourth-order valence-corrected chi connectivity index (χ4v) is 2.12. The van der Waals surface area contributed by atoms with Gasteiger partial charge in [0.05, 0.1) is 11.6 Å². The molecule has 6 nitrogen and oxygen atoms in total. The lowest BCUT2D eigenvalue weighted by Crippen LogP contribution is -2.31. The van der Waals surface area contributed by atoms with Gasteiger partial charge in [-0.05, 0) is 43.3 Å². The summed E-state index contributed by atoms with van der Waals surface area (Å²) in [7, 11) is 0. The van der Waals surface area contributed by atoms with Crippen molar-refractivity contribution in [2.75, 3.05) is 16.0 Å². The quantitative estimate of drug-likeness (QED) is 0.789. The summed E-state index contributed by atoms with van der Waals surface area (Å²) in [6.45, 7) is 3.17. The predicted octanol–water partition coefficient (Wildman–Crippen LogP) is 2.96. The number of carbonyl (C=O) groups is 2. The summed E-state index contributed by atoms with van der Waals surface area (Å²) >= 11 is 0. The van der Waals surface area contributed by atoms with E-state index in [1.807, 2.05) is 12.1 Å². The third-order valence-corrected chi connectivity index (χ3v) is 3.22. The van der Waals surface area contributed by atoms with Gasteiger partial charge in [0.1, 0.15) is 6.04 Å². The van der Waals surface area contributed by atoms with Crippen LogP contribution in [0, 0.1) is 11.3 Å². The maximum atomic E-state index is 12.3. The van der Waals surface area contributed by atoms with Gasteiger partial charge in [0.2, 0.25) is 11.8 Å². The van der Waals surface area contributed by atoms with Crippen LogP contribution < -0.4 is 16.0 Å². The van der Waals surface area contributed by atoms with Gasteiger partial charge in [-0.15, -0.1) is 0 Å². The van der Waals surface area contributed by atoms with Crippen molar-refractivity contribution < 1.29 is 9.59 Å². The van der Waals surface area contributed by atoms with Crippen molar-refractivity contribution in [1.29, 1.82) is 5.26 Å². The van der Waals surface area contributed by atoms with Crippen molar-refractivity contribution in [1.82, 2.24) is 0 Å². The Morgan fingerprint density at radius 3 is 2.29 bits per heavy atom. The molecule has 24 heavy (non-hydrogen) atoms. The van der Waals surface area contributed by atoms with E-state index in [-0.39, 0.29) is 11.8 Å². The van der Waals surface area contributed by atoms with Crippen LogP contribution in [0.4, 0.5) is 17.1 Å². The molecule has 0 fully saturated rings. The molecule has 0 spiro atoms. The molecule has 1 unspecified atom stereocenters. The molecule has 0 saturated carbocycles. The fourth-order valence-electron chi connectivity index (χ4n) is 2.12. The molecule has 0 aliphatic rings. The molecule has 2 aromatic carbocycles. The fraction of sp³-hybridized carbons (Fsp3) is 0.167. The molecular weight excluding hydrogens is 304 g/mol. The second kappa shape index (κ2) is 7.79. The summed E-state index contributed by atoms with van der Waals surface area (Å²) in [4.78, 5) is 23.3. The van der Waals surface area contributed by atoms with Crippen LogP contribution in [0.5, 0.6) is 0 Å². The van der Waals surface area contributed by atoms with Gasteiger partial charge in [-0.3, -0.25) is 9.59 Å². The number of benzene rings is 2. The van der Waals surface area contributed by atoms with Crippen molar-refractivity contribution in [3.05, 3.63) is 54.1 Å². The Kier molecular flexibility index (Phi) is 5.53. The Morgan fingerprint density at radius 2 is 1.62 bits per heavy atom. The van der Waals surface area contributed by atoms with Gasteiger partial charge < -0.3 is 16.0 Å². The molecule has 0 aliphatic heterocycles. The first-order valence-electron chi connectivity index (χ1n) is 7.43. The third-order valence-electron chi connectivity index (χ3n) is 3.22. The Balaban J connectivity index is 2.01. The number of hydrogen-bond donors (Lipinski definition) is 3. The standard InChI is InChI=1S/C18H18N4O2/c1-12(18(24)22-15-6-3-5-14(9-15)11-19)20-16-7-4-8-17(10-16)21-13(2)23/h3-10,12,20H,1-2H3,(H,21,23)(H,22,24). The summed E-state index contributed by atoms with van der Waals surface area (Å²) in [5.41, 5.74) is 2.42.